The molecule has 14 heavy (non-hydrogen) atoms. The maximum atomic E-state index is 6.00. The minimum atomic E-state index is 0.469. The van der Waals surface area contributed by atoms with Gasteiger partial charge in [0.2, 0.25) is 0 Å². The van der Waals surface area contributed by atoms with E-state index in [2.05, 4.69) is 36.4 Å². The molecular formula is C12H7ClSe. The zero-order chi connectivity index (χ0) is 9.54. The van der Waals surface area contributed by atoms with E-state index in [0.717, 1.165) is 5.02 Å². The van der Waals surface area contributed by atoms with Crippen molar-refractivity contribution in [2.75, 3.05) is 0 Å². The fourth-order valence-corrected chi connectivity index (χ4v) is 4.15. The molecule has 2 heteroatoms. The van der Waals surface area contributed by atoms with Crippen LogP contribution in [0.15, 0.2) is 42.5 Å². The van der Waals surface area contributed by atoms with Gasteiger partial charge in [0, 0.05) is 0 Å². The van der Waals surface area contributed by atoms with E-state index in [1.807, 2.05) is 6.07 Å². The summed E-state index contributed by atoms with van der Waals surface area (Å²) in [6, 6.07) is 14.8. The average Bonchev–Trinajstić information content (AvgIpc) is 2.56. The van der Waals surface area contributed by atoms with Crippen molar-refractivity contribution in [2.45, 2.75) is 0 Å². The first-order valence-electron chi connectivity index (χ1n) is 4.41. The summed E-state index contributed by atoms with van der Waals surface area (Å²) in [6.45, 7) is 0. The van der Waals surface area contributed by atoms with Gasteiger partial charge in [0.05, 0.1) is 0 Å². The molecule has 1 aromatic heterocycles. The summed E-state index contributed by atoms with van der Waals surface area (Å²) in [6.07, 6.45) is 0. The first kappa shape index (κ1) is 8.55. The Labute approximate surface area is 92.9 Å². The molecule has 0 amide bonds. The average molecular weight is 266 g/mol. The Hall–Kier alpha value is -0.751. The van der Waals surface area contributed by atoms with Crippen LogP contribution < -0.4 is 0 Å². The van der Waals surface area contributed by atoms with Crippen LogP contribution in [-0.4, -0.2) is 14.5 Å². The van der Waals surface area contributed by atoms with Crippen molar-refractivity contribution in [3.05, 3.63) is 47.5 Å². The van der Waals surface area contributed by atoms with Gasteiger partial charge >= 0.3 is 92.9 Å². The summed E-state index contributed by atoms with van der Waals surface area (Å²) >= 11 is 6.47. The molecule has 0 radical (unpaired) electrons. The molecule has 0 fully saturated rings. The number of benzene rings is 2. The van der Waals surface area contributed by atoms with Gasteiger partial charge in [-0.1, -0.05) is 0 Å². The van der Waals surface area contributed by atoms with Crippen LogP contribution in [0.2, 0.25) is 5.02 Å². The van der Waals surface area contributed by atoms with E-state index in [-0.39, 0.29) is 0 Å². The second kappa shape index (κ2) is 3.13. The Morgan fingerprint density at radius 2 is 1.64 bits per heavy atom. The van der Waals surface area contributed by atoms with Crippen molar-refractivity contribution >= 4 is 45.4 Å². The first-order valence-corrected chi connectivity index (χ1v) is 6.50. The first-order chi connectivity index (χ1) is 6.84. The molecule has 0 saturated carbocycles. The van der Waals surface area contributed by atoms with Gasteiger partial charge in [0.15, 0.2) is 0 Å². The topological polar surface area (TPSA) is 0 Å². The standard InChI is InChI=1S/C12H7ClSe/c13-8-5-6-12-10(7-8)9-3-1-2-4-11(9)14-12/h1-7H. The molecule has 0 bridgehead atoms. The molecule has 0 aliphatic carbocycles. The second-order valence-electron chi connectivity index (χ2n) is 3.24. The Bertz CT molecular complexity index is 610. The summed E-state index contributed by atoms with van der Waals surface area (Å²) in [5.41, 5.74) is 0. The van der Waals surface area contributed by atoms with Crippen molar-refractivity contribution < 1.29 is 0 Å². The van der Waals surface area contributed by atoms with Crippen molar-refractivity contribution in [1.29, 1.82) is 0 Å². The predicted octanol–water partition coefficient (Wildman–Crippen LogP) is 3.70. The van der Waals surface area contributed by atoms with Crippen molar-refractivity contribution in [3.63, 3.8) is 0 Å². The fourth-order valence-electron chi connectivity index (χ4n) is 1.70. The van der Waals surface area contributed by atoms with Crippen LogP contribution in [0.25, 0.3) is 19.3 Å². The van der Waals surface area contributed by atoms with E-state index < -0.39 is 0 Å². The third kappa shape index (κ3) is 1.21. The van der Waals surface area contributed by atoms with Gasteiger partial charge in [-0.15, -0.1) is 0 Å². The third-order valence-corrected chi connectivity index (χ3v) is 4.99. The van der Waals surface area contributed by atoms with Crippen LogP contribution in [0.1, 0.15) is 0 Å². The van der Waals surface area contributed by atoms with Gasteiger partial charge in [0.25, 0.3) is 0 Å². The number of hydrogen-bond acceptors (Lipinski definition) is 0. The second-order valence-corrected chi connectivity index (χ2v) is 5.95. The van der Waals surface area contributed by atoms with Gasteiger partial charge in [0.1, 0.15) is 0 Å². The monoisotopic (exact) mass is 266 g/mol. The quantitative estimate of drug-likeness (QED) is 0.544. The number of fused-ring (bicyclic) bond motifs is 3. The SMILES string of the molecule is Clc1ccc2[se]c3ccccc3c2c1. The molecule has 3 rings (SSSR count). The molecule has 0 saturated heterocycles. The molecule has 2 aromatic carbocycles. The van der Waals surface area contributed by atoms with Gasteiger partial charge in [-0.2, -0.15) is 0 Å². The van der Waals surface area contributed by atoms with Crippen LogP contribution in [0, 0.1) is 0 Å². The zero-order valence-corrected chi connectivity index (χ0v) is 9.80. The molecule has 0 spiro atoms. The Balaban J connectivity index is 2.58. The van der Waals surface area contributed by atoms with E-state index in [4.69, 9.17) is 11.6 Å². The molecule has 0 nitrogen and oxygen atoms in total. The number of hydrogen-bond donors (Lipinski definition) is 0. The molecule has 0 aliphatic rings. The maximum absolute atomic E-state index is 6.00. The van der Waals surface area contributed by atoms with E-state index in [1.54, 1.807) is 0 Å². The molecule has 0 atom stereocenters. The molecular weight excluding hydrogens is 259 g/mol. The van der Waals surface area contributed by atoms with Crippen molar-refractivity contribution in [3.8, 4) is 0 Å². The van der Waals surface area contributed by atoms with Crippen LogP contribution in [0.4, 0.5) is 0 Å². The van der Waals surface area contributed by atoms with E-state index in [0.29, 0.717) is 14.5 Å². The van der Waals surface area contributed by atoms with Crippen LogP contribution in [-0.2, 0) is 0 Å². The Morgan fingerprint density at radius 3 is 2.57 bits per heavy atom. The van der Waals surface area contributed by atoms with Gasteiger partial charge in [-0.25, -0.2) is 0 Å². The summed E-state index contributed by atoms with van der Waals surface area (Å²) in [7, 11) is 0. The summed E-state index contributed by atoms with van der Waals surface area (Å²) in [5.74, 6) is 0. The Kier molecular flexibility index (Phi) is 1.91. The van der Waals surface area contributed by atoms with Crippen LogP contribution in [0.3, 0.4) is 0 Å². The van der Waals surface area contributed by atoms with Gasteiger partial charge < -0.3 is 0 Å². The molecule has 0 N–H and O–H groups in total. The summed E-state index contributed by atoms with van der Waals surface area (Å²) in [5, 5.41) is 3.52. The molecule has 1 heterocycles. The molecule has 0 unspecified atom stereocenters. The van der Waals surface area contributed by atoms with E-state index >= 15 is 0 Å². The summed E-state index contributed by atoms with van der Waals surface area (Å²) in [4.78, 5) is 0. The van der Waals surface area contributed by atoms with Crippen LogP contribution >= 0.6 is 11.6 Å². The van der Waals surface area contributed by atoms with Crippen molar-refractivity contribution in [1.82, 2.24) is 0 Å². The number of rotatable bonds is 0. The van der Waals surface area contributed by atoms with E-state index in [9.17, 15) is 0 Å². The Morgan fingerprint density at radius 1 is 0.857 bits per heavy atom. The van der Waals surface area contributed by atoms with Gasteiger partial charge in [-0.05, 0) is 0 Å². The van der Waals surface area contributed by atoms with E-state index in [1.165, 1.54) is 19.3 Å². The van der Waals surface area contributed by atoms with Crippen molar-refractivity contribution in [2.24, 2.45) is 0 Å². The normalized spacial score (nSPS) is 11.2. The van der Waals surface area contributed by atoms with Crippen LogP contribution in [0.5, 0.6) is 0 Å². The fraction of sp³-hybridized carbons (Fsp3) is 0. The molecule has 68 valence electrons. The number of halogens is 1. The summed E-state index contributed by atoms with van der Waals surface area (Å²) < 4.78 is 2.92. The zero-order valence-electron chi connectivity index (χ0n) is 7.33. The minimum absolute atomic E-state index is 0.469. The predicted molar refractivity (Wildman–Crippen MR) is 63.4 cm³/mol. The third-order valence-electron chi connectivity index (χ3n) is 2.34. The molecule has 3 aromatic rings. The molecule has 0 aliphatic heterocycles. The van der Waals surface area contributed by atoms with Gasteiger partial charge in [-0.3, -0.25) is 0 Å².